The number of anilines is 1. The minimum atomic E-state index is -0.240. The molecule has 0 saturated heterocycles. The lowest BCUT2D eigenvalue weighted by Crippen LogP contribution is -2.01. The highest BCUT2D eigenvalue weighted by Gasteiger charge is 2.09. The fourth-order valence-corrected chi connectivity index (χ4v) is 3.86. The molecule has 1 N–H and O–H groups in total. The highest BCUT2D eigenvalue weighted by Crippen LogP contribution is 2.35. The molecule has 0 saturated carbocycles. The fourth-order valence-electron chi connectivity index (χ4n) is 2.35. The van der Waals surface area contributed by atoms with Crippen LogP contribution < -0.4 is 10.1 Å². The average Bonchev–Trinajstić information content (AvgIpc) is 2.61. The largest absolute Gasteiger partial charge is 0.487 e. The van der Waals surface area contributed by atoms with Gasteiger partial charge in [-0.15, -0.1) is 0 Å². The SMILES string of the molecule is Fc1ccc(NCc2cc(Br)c(OCc3ccccc3)c(Br)c2)cc1. The van der Waals surface area contributed by atoms with Gasteiger partial charge in [0.1, 0.15) is 18.2 Å². The number of benzene rings is 3. The van der Waals surface area contributed by atoms with Crippen molar-refractivity contribution in [2.45, 2.75) is 13.2 Å². The second kappa shape index (κ2) is 8.50. The molecule has 25 heavy (non-hydrogen) atoms. The maximum absolute atomic E-state index is 12.9. The van der Waals surface area contributed by atoms with Crippen molar-refractivity contribution in [1.82, 2.24) is 0 Å². The topological polar surface area (TPSA) is 21.3 Å². The Hall–Kier alpha value is -1.85. The molecular weight excluding hydrogens is 449 g/mol. The Bertz CT molecular complexity index is 815. The number of halogens is 3. The van der Waals surface area contributed by atoms with Crippen LogP contribution in [0.25, 0.3) is 0 Å². The van der Waals surface area contributed by atoms with Crippen molar-refractivity contribution in [3.05, 3.63) is 92.6 Å². The zero-order valence-corrected chi connectivity index (χ0v) is 16.5. The molecule has 0 amide bonds. The summed E-state index contributed by atoms with van der Waals surface area (Å²) in [6, 6.07) is 20.4. The van der Waals surface area contributed by atoms with Gasteiger partial charge in [-0.25, -0.2) is 4.39 Å². The van der Waals surface area contributed by atoms with E-state index in [-0.39, 0.29) is 5.82 Å². The molecule has 5 heteroatoms. The van der Waals surface area contributed by atoms with Crippen LogP contribution in [-0.2, 0) is 13.2 Å². The van der Waals surface area contributed by atoms with E-state index >= 15 is 0 Å². The van der Waals surface area contributed by atoms with Crippen molar-refractivity contribution in [3.8, 4) is 5.75 Å². The molecule has 3 rings (SSSR count). The highest BCUT2D eigenvalue weighted by atomic mass is 79.9. The summed E-state index contributed by atoms with van der Waals surface area (Å²) in [5.74, 6) is 0.533. The Balaban J connectivity index is 1.66. The highest BCUT2D eigenvalue weighted by molar-refractivity contribution is 9.11. The first-order chi connectivity index (χ1) is 12.1. The quantitative estimate of drug-likeness (QED) is 0.447. The summed E-state index contributed by atoms with van der Waals surface area (Å²) in [6.07, 6.45) is 0. The van der Waals surface area contributed by atoms with E-state index in [0.717, 1.165) is 31.5 Å². The van der Waals surface area contributed by atoms with E-state index in [2.05, 4.69) is 37.2 Å². The van der Waals surface area contributed by atoms with Gasteiger partial charge in [0, 0.05) is 12.2 Å². The molecule has 0 aliphatic heterocycles. The second-order valence-electron chi connectivity index (χ2n) is 5.52. The molecule has 0 heterocycles. The van der Waals surface area contributed by atoms with Gasteiger partial charge in [0.2, 0.25) is 0 Å². The average molecular weight is 465 g/mol. The first kappa shape index (κ1) is 18.0. The van der Waals surface area contributed by atoms with Crippen LogP contribution in [-0.4, -0.2) is 0 Å². The molecule has 0 atom stereocenters. The van der Waals surface area contributed by atoms with Gasteiger partial charge in [-0.3, -0.25) is 0 Å². The normalized spacial score (nSPS) is 10.5. The maximum Gasteiger partial charge on any atom is 0.148 e. The van der Waals surface area contributed by atoms with E-state index in [1.165, 1.54) is 12.1 Å². The van der Waals surface area contributed by atoms with Crippen LogP contribution in [0.15, 0.2) is 75.7 Å². The Morgan fingerprint density at radius 1 is 0.840 bits per heavy atom. The number of nitrogens with one attached hydrogen (secondary N) is 1. The van der Waals surface area contributed by atoms with Gasteiger partial charge in [-0.2, -0.15) is 0 Å². The van der Waals surface area contributed by atoms with Crippen LogP contribution in [0.4, 0.5) is 10.1 Å². The molecule has 0 bridgehead atoms. The van der Waals surface area contributed by atoms with Gasteiger partial charge < -0.3 is 10.1 Å². The number of ether oxygens (including phenoxy) is 1. The van der Waals surface area contributed by atoms with Crippen molar-refractivity contribution in [1.29, 1.82) is 0 Å². The molecule has 0 spiro atoms. The monoisotopic (exact) mass is 463 g/mol. The zero-order chi connectivity index (χ0) is 17.6. The summed E-state index contributed by atoms with van der Waals surface area (Å²) in [6.45, 7) is 1.13. The van der Waals surface area contributed by atoms with E-state index in [9.17, 15) is 4.39 Å². The van der Waals surface area contributed by atoms with E-state index in [1.54, 1.807) is 12.1 Å². The van der Waals surface area contributed by atoms with E-state index < -0.39 is 0 Å². The van der Waals surface area contributed by atoms with Crippen LogP contribution >= 0.6 is 31.9 Å². The second-order valence-corrected chi connectivity index (χ2v) is 7.23. The molecule has 0 unspecified atom stereocenters. The molecule has 0 radical (unpaired) electrons. The smallest absolute Gasteiger partial charge is 0.148 e. The van der Waals surface area contributed by atoms with Crippen molar-refractivity contribution in [2.24, 2.45) is 0 Å². The van der Waals surface area contributed by atoms with Gasteiger partial charge in [0.05, 0.1) is 8.95 Å². The predicted molar refractivity (Wildman–Crippen MR) is 106 cm³/mol. The molecule has 0 fully saturated rings. The first-order valence-electron chi connectivity index (χ1n) is 7.76. The van der Waals surface area contributed by atoms with Crippen LogP contribution in [0.1, 0.15) is 11.1 Å². The minimum Gasteiger partial charge on any atom is -0.487 e. The third-order valence-electron chi connectivity index (χ3n) is 3.62. The number of hydrogen-bond acceptors (Lipinski definition) is 2. The fraction of sp³-hybridized carbons (Fsp3) is 0.100. The molecule has 3 aromatic rings. The van der Waals surface area contributed by atoms with Crippen LogP contribution in [0.2, 0.25) is 0 Å². The summed E-state index contributed by atoms with van der Waals surface area (Å²) in [5, 5.41) is 3.27. The van der Waals surface area contributed by atoms with Crippen molar-refractivity contribution < 1.29 is 9.13 Å². The van der Waals surface area contributed by atoms with Gasteiger partial charge in [-0.1, -0.05) is 30.3 Å². The Morgan fingerprint density at radius 2 is 1.48 bits per heavy atom. The third-order valence-corrected chi connectivity index (χ3v) is 4.80. The van der Waals surface area contributed by atoms with Gasteiger partial charge in [0.25, 0.3) is 0 Å². The Morgan fingerprint density at radius 3 is 2.12 bits per heavy atom. The maximum atomic E-state index is 12.9. The van der Waals surface area contributed by atoms with Crippen molar-refractivity contribution >= 4 is 37.5 Å². The lowest BCUT2D eigenvalue weighted by molar-refractivity contribution is 0.302. The summed E-state index contributed by atoms with van der Waals surface area (Å²) >= 11 is 7.15. The third kappa shape index (κ3) is 5.06. The van der Waals surface area contributed by atoms with Crippen molar-refractivity contribution in [3.63, 3.8) is 0 Å². The molecule has 3 aromatic carbocycles. The van der Waals surface area contributed by atoms with Crippen LogP contribution in [0.5, 0.6) is 5.75 Å². The standard InChI is InChI=1S/C20H16Br2FNO/c21-18-10-15(12-24-17-8-6-16(23)7-9-17)11-19(22)20(18)25-13-14-4-2-1-3-5-14/h1-11,24H,12-13H2. The number of rotatable bonds is 6. The minimum absolute atomic E-state index is 0.240. The van der Waals surface area contributed by atoms with Crippen LogP contribution in [0, 0.1) is 5.82 Å². The van der Waals surface area contributed by atoms with Gasteiger partial charge in [0.15, 0.2) is 0 Å². The summed E-state index contributed by atoms with van der Waals surface area (Å²) < 4.78 is 20.6. The first-order valence-corrected chi connectivity index (χ1v) is 9.34. The van der Waals surface area contributed by atoms with Crippen LogP contribution in [0.3, 0.4) is 0 Å². The zero-order valence-electron chi connectivity index (χ0n) is 13.3. The molecule has 0 aliphatic carbocycles. The number of hydrogen-bond donors (Lipinski definition) is 1. The van der Waals surface area contributed by atoms with E-state index in [0.29, 0.717) is 13.2 Å². The predicted octanol–water partition coefficient (Wildman–Crippen LogP) is 6.54. The van der Waals surface area contributed by atoms with Crippen molar-refractivity contribution in [2.75, 3.05) is 5.32 Å². The molecule has 0 aliphatic rings. The lowest BCUT2D eigenvalue weighted by Gasteiger charge is -2.13. The Kier molecular flexibility index (Phi) is 6.10. The summed E-state index contributed by atoms with van der Waals surface area (Å²) in [5.41, 5.74) is 3.07. The molecular formula is C20H16Br2FNO. The molecule has 0 aromatic heterocycles. The molecule has 128 valence electrons. The van der Waals surface area contributed by atoms with Gasteiger partial charge >= 0.3 is 0 Å². The van der Waals surface area contributed by atoms with E-state index in [1.807, 2.05) is 42.5 Å². The Labute approximate surface area is 163 Å². The van der Waals surface area contributed by atoms with E-state index in [4.69, 9.17) is 4.74 Å². The lowest BCUT2D eigenvalue weighted by atomic mass is 10.2. The summed E-state index contributed by atoms with van der Waals surface area (Å²) in [4.78, 5) is 0. The van der Waals surface area contributed by atoms with Gasteiger partial charge in [-0.05, 0) is 79.4 Å². The molecule has 2 nitrogen and oxygen atoms in total. The summed E-state index contributed by atoms with van der Waals surface area (Å²) in [7, 11) is 0.